The Morgan fingerprint density at radius 2 is 1.96 bits per heavy atom. The fourth-order valence-electron chi connectivity index (χ4n) is 3.48. The third kappa shape index (κ3) is 3.47. The molecule has 1 saturated heterocycles. The summed E-state index contributed by atoms with van der Waals surface area (Å²) in [5.74, 6) is 1.77. The molecular weight excluding hydrogens is 360 g/mol. The molecule has 3 heterocycles. The van der Waals surface area contributed by atoms with Crippen LogP contribution in [0, 0.1) is 0 Å². The largest absolute Gasteiger partial charge is 0.497 e. The van der Waals surface area contributed by atoms with Crippen molar-refractivity contribution in [1.82, 2.24) is 14.9 Å². The Labute approximate surface area is 162 Å². The molecule has 6 nitrogen and oxygen atoms in total. The predicted molar refractivity (Wildman–Crippen MR) is 108 cm³/mol. The number of fused-ring (bicyclic) bond motifs is 1. The average Bonchev–Trinajstić information content (AvgIpc) is 3.38. The normalized spacial score (nSPS) is 13.9. The summed E-state index contributed by atoms with van der Waals surface area (Å²) < 4.78 is 5.26. The Morgan fingerprint density at radius 1 is 1.22 bits per heavy atom. The smallest absolute Gasteiger partial charge is 0.242 e. The van der Waals surface area contributed by atoms with Gasteiger partial charge in [0.15, 0.2) is 0 Å². The number of likely N-dealkylation sites (tertiary alicyclic amines) is 1. The second-order valence-electron chi connectivity index (χ2n) is 6.70. The Hall–Kier alpha value is -2.67. The first kappa shape index (κ1) is 17.7. The van der Waals surface area contributed by atoms with Crippen LogP contribution in [-0.4, -0.2) is 54.6 Å². The van der Waals surface area contributed by atoms with Crippen LogP contribution in [-0.2, 0) is 4.79 Å². The van der Waals surface area contributed by atoms with Gasteiger partial charge < -0.3 is 14.5 Å². The van der Waals surface area contributed by atoms with Gasteiger partial charge in [0.05, 0.1) is 19.0 Å². The van der Waals surface area contributed by atoms with E-state index in [2.05, 4.69) is 15.3 Å². The fourth-order valence-corrected chi connectivity index (χ4v) is 4.39. The Morgan fingerprint density at radius 3 is 2.67 bits per heavy atom. The van der Waals surface area contributed by atoms with Crippen LogP contribution in [0.5, 0.6) is 5.75 Å². The number of amides is 1. The van der Waals surface area contributed by atoms with Gasteiger partial charge in [-0.25, -0.2) is 9.97 Å². The van der Waals surface area contributed by atoms with E-state index in [0.717, 1.165) is 58.8 Å². The van der Waals surface area contributed by atoms with Gasteiger partial charge in [-0.3, -0.25) is 4.79 Å². The summed E-state index contributed by atoms with van der Waals surface area (Å²) in [5.41, 5.74) is 2.16. The SMILES string of the molecule is COc1ccc(-c2csc3ncnc(N(C)CC(=O)N4CCCC4)c23)cc1. The number of carbonyl (C=O) groups excluding carboxylic acids is 1. The molecule has 0 N–H and O–H groups in total. The molecule has 0 saturated carbocycles. The van der Waals surface area contributed by atoms with E-state index in [1.54, 1.807) is 24.8 Å². The maximum absolute atomic E-state index is 12.6. The van der Waals surface area contributed by atoms with E-state index in [4.69, 9.17) is 4.74 Å². The van der Waals surface area contributed by atoms with Gasteiger partial charge >= 0.3 is 0 Å². The zero-order chi connectivity index (χ0) is 18.8. The lowest BCUT2D eigenvalue weighted by Crippen LogP contribution is -2.37. The second-order valence-corrected chi connectivity index (χ2v) is 7.56. The minimum Gasteiger partial charge on any atom is -0.497 e. The second kappa shape index (κ2) is 7.52. The highest BCUT2D eigenvalue weighted by molar-refractivity contribution is 7.17. The van der Waals surface area contributed by atoms with Crippen molar-refractivity contribution in [2.45, 2.75) is 12.8 Å². The summed E-state index contributed by atoms with van der Waals surface area (Å²) in [6.45, 7) is 2.05. The summed E-state index contributed by atoms with van der Waals surface area (Å²) >= 11 is 1.59. The van der Waals surface area contributed by atoms with Gasteiger partial charge in [0, 0.05) is 31.1 Å². The van der Waals surface area contributed by atoms with Gasteiger partial charge in [0.25, 0.3) is 0 Å². The van der Waals surface area contributed by atoms with Crippen molar-refractivity contribution < 1.29 is 9.53 Å². The van der Waals surface area contributed by atoms with Crippen LogP contribution in [0.3, 0.4) is 0 Å². The first-order valence-electron chi connectivity index (χ1n) is 9.03. The molecule has 0 spiro atoms. The van der Waals surface area contributed by atoms with Crippen molar-refractivity contribution in [3.05, 3.63) is 36.0 Å². The van der Waals surface area contributed by atoms with Crippen molar-refractivity contribution in [2.24, 2.45) is 0 Å². The molecule has 4 rings (SSSR count). The summed E-state index contributed by atoms with van der Waals surface area (Å²) in [6.07, 6.45) is 3.77. The average molecular weight is 382 g/mol. The Bertz CT molecular complexity index is 948. The van der Waals surface area contributed by atoms with Gasteiger partial charge in [0.2, 0.25) is 5.91 Å². The van der Waals surface area contributed by atoms with Crippen molar-refractivity contribution in [3.63, 3.8) is 0 Å². The first-order chi connectivity index (χ1) is 13.2. The number of aromatic nitrogens is 2. The number of hydrogen-bond donors (Lipinski definition) is 0. The lowest BCUT2D eigenvalue weighted by atomic mass is 10.1. The van der Waals surface area contributed by atoms with Crippen molar-refractivity contribution >= 4 is 33.3 Å². The number of nitrogens with zero attached hydrogens (tertiary/aromatic N) is 4. The van der Waals surface area contributed by atoms with Crippen molar-refractivity contribution in [2.75, 3.05) is 38.7 Å². The number of anilines is 1. The maximum atomic E-state index is 12.6. The van der Waals surface area contributed by atoms with E-state index in [1.165, 1.54) is 0 Å². The highest BCUT2D eigenvalue weighted by Crippen LogP contribution is 2.38. The number of rotatable bonds is 5. The number of ether oxygens (including phenoxy) is 1. The van der Waals surface area contributed by atoms with Crippen LogP contribution in [0.4, 0.5) is 5.82 Å². The number of carbonyl (C=O) groups is 1. The molecule has 0 atom stereocenters. The van der Waals surface area contributed by atoms with E-state index < -0.39 is 0 Å². The van der Waals surface area contributed by atoms with Crippen molar-refractivity contribution in [1.29, 1.82) is 0 Å². The van der Waals surface area contributed by atoms with Crippen LogP contribution in [0.1, 0.15) is 12.8 Å². The molecule has 7 heteroatoms. The van der Waals surface area contributed by atoms with E-state index in [-0.39, 0.29) is 5.91 Å². The van der Waals surface area contributed by atoms with E-state index in [9.17, 15) is 4.79 Å². The molecule has 3 aromatic rings. The molecule has 1 aromatic carbocycles. The zero-order valence-corrected chi connectivity index (χ0v) is 16.3. The van der Waals surface area contributed by atoms with E-state index in [0.29, 0.717) is 6.54 Å². The quantitative estimate of drug-likeness (QED) is 0.677. The molecule has 1 aliphatic rings. The molecule has 0 aliphatic carbocycles. The number of methoxy groups -OCH3 is 1. The first-order valence-corrected chi connectivity index (χ1v) is 9.91. The molecule has 1 fully saturated rings. The third-order valence-corrected chi connectivity index (χ3v) is 5.83. The lowest BCUT2D eigenvalue weighted by Gasteiger charge is -2.22. The summed E-state index contributed by atoms with van der Waals surface area (Å²) in [5, 5.41) is 3.09. The minimum absolute atomic E-state index is 0.156. The number of thiophene rings is 1. The third-order valence-electron chi connectivity index (χ3n) is 4.94. The van der Waals surface area contributed by atoms with Crippen molar-refractivity contribution in [3.8, 4) is 16.9 Å². The Kier molecular flexibility index (Phi) is 4.94. The zero-order valence-electron chi connectivity index (χ0n) is 15.5. The van der Waals surface area contributed by atoms with Gasteiger partial charge in [-0.2, -0.15) is 0 Å². The minimum atomic E-state index is 0.156. The number of benzene rings is 1. The van der Waals surface area contributed by atoms with Crippen LogP contribution in [0.15, 0.2) is 36.0 Å². The predicted octanol–water partition coefficient (Wildman–Crippen LogP) is 3.43. The highest BCUT2D eigenvalue weighted by Gasteiger charge is 2.22. The van der Waals surface area contributed by atoms with Gasteiger partial charge in [-0.05, 0) is 30.5 Å². The summed E-state index contributed by atoms with van der Waals surface area (Å²) in [4.78, 5) is 26.3. The standard InChI is InChI=1S/C20H22N4O2S/c1-23(11-17(25)24-9-3-4-10-24)19-18-16(12-27-20(18)22-13-21-19)14-5-7-15(26-2)8-6-14/h5-8,12-13H,3-4,9-11H2,1-2H3. The molecular formula is C20H22N4O2S. The lowest BCUT2D eigenvalue weighted by molar-refractivity contribution is -0.128. The summed E-state index contributed by atoms with van der Waals surface area (Å²) in [7, 11) is 3.58. The van der Waals surface area contributed by atoms with Gasteiger partial charge in [0.1, 0.15) is 22.7 Å². The van der Waals surface area contributed by atoms with E-state index >= 15 is 0 Å². The van der Waals surface area contributed by atoms with Gasteiger partial charge in [-0.15, -0.1) is 11.3 Å². The Balaban J connectivity index is 1.68. The number of likely N-dealkylation sites (N-methyl/N-ethyl adjacent to an activating group) is 1. The molecule has 0 bridgehead atoms. The van der Waals surface area contributed by atoms with Crippen LogP contribution in [0.2, 0.25) is 0 Å². The number of hydrogen-bond acceptors (Lipinski definition) is 6. The molecule has 1 aliphatic heterocycles. The monoisotopic (exact) mass is 382 g/mol. The molecule has 27 heavy (non-hydrogen) atoms. The highest BCUT2D eigenvalue weighted by atomic mass is 32.1. The molecule has 1 amide bonds. The van der Waals surface area contributed by atoms with Gasteiger partial charge in [-0.1, -0.05) is 12.1 Å². The topological polar surface area (TPSA) is 58.6 Å². The van der Waals surface area contributed by atoms with E-state index in [1.807, 2.05) is 41.1 Å². The molecule has 0 unspecified atom stereocenters. The van der Waals surface area contributed by atoms with Crippen LogP contribution < -0.4 is 9.64 Å². The molecule has 0 radical (unpaired) electrons. The van der Waals surface area contributed by atoms with Crippen LogP contribution >= 0.6 is 11.3 Å². The molecule has 2 aromatic heterocycles. The molecule has 140 valence electrons. The summed E-state index contributed by atoms with van der Waals surface area (Å²) in [6, 6.07) is 7.96. The fraction of sp³-hybridized carbons (Fsp3) is 0.350. The van der Waals surface area contributed by atoms with Crippen LogP contribution in [0.25, 0.3) is 21.3 Å². The maximum Gasteiger partial charge on any atom is 0.242 e.